The molecule has 0 bridgehead atoms. The SMILES string of the molecule is COc1ccc(CN(Cc2ccc(OC)cc2)S(=O)(=O)c2c(S(=O)(=O)C3CN(C(=O)OC(C)(C)C)C3)ccc(-c3cccc(-c4nnc(N)o4)c3)c2-c2nnnn2Cc2ccc(OC)cc2)cc1. The molecule has 2 aromatic heterocycles. The summed E-state index contributed by atoms with van der Waals surface area (Å²) in [5.74, 6) is 1.74. The second-order valence-corrected chi connectivity index (χ2v) is 20.9. The fourth-order valence-electron chi connectivity index (χ4n) is 7.58. The molecule has 1 amide bonds. The van der Waals surface area contributed by atoms with Crippen LogP contribution in [0.3, 0.4) is 0 Å². The summed E-state index contributed by atoms with van der Waals surface area (Å²) >= 11 is 0. The van der Waals surface area contributed by atoms with Gasteiger partial charge in [0.2, 0.25) is 15.9 Å². The number of aromatic nitrogens is 6. The van der Waals surface area contributed by atoms with Gasteiger partial charge in [-0.15, -0.1) is 10.2 Å². The van der Waals surface area contributed by atoms with E-state index in [1.807, 2.05) is 12.1 Å². The number of anilines is 1. The summed E-state index contributed by atoms with van der Waals surface area (Å²) in [6, 6.07) is 30.4. The molecule has 19 nitrogen and oxygen atoms in total. The lowest BCUT2D eigenvalue weighted by Gasteiger charge is -2.39. The summed E-state index contributed by atoms with van der Waals surface area (Å²) in [5, 5.41) is 19.4. The third-order valence-corrected chi connectivity index (χ3v) is 15.2. The highest BCUT2D eigenvalue weighted by Crippen LogP contribution is 2.44. The van der Waals surface area contributed by atoms with Crippen molar-refractivity contribution < 1.29 is 45.0 Å². The van der Waals surface area contributed by atoms with Crippen LogP contribution in [0, 0.1) is 0 Å². The number of sulfonamides is 1. The molecule has 3 heterocycles. The zero-order valence-electron chi connectivity index (χ0n) is 38.1. The van der Waals surface area contributed by atoms with Crippen molar-refractivity contribution in [1.29, 1.82) is 0 Å². The molecule has 1 aliphatic heterocycles. The lowest BCUT2D eigenvalue weighted by atomic mass is 9.97. The van der Waals surface area contributed by atoms with E-state index >= 15 is 16.8 Å². The number of likely N-dealkylation sites (tertiary alicyclic amines) is 1. The number of methoxy groups -OCH3 is 3. The molecule has 1 aliphatic rings. The molecule has 0 saturated carbocycles. The molecular formula is C47H49N9O10S2. The van der Waals surface area contributed by atoms with Gasteiger partial charge in [-0.2, -0.15) is 4.31 Å². The van der Waals surface area contributed by atoms with Gasteiger partial charge in [-0.25, -0.2) is 26.3 Å². The number of hydrogen-bond donors (Lipinski definition) is 1. The fraction of sp³-hybridized carbons (Fsp3) is 0.277. The van der Waals surface area contributed by atoms with Gasteiger partial charge in [0, 0.05) is 31.7 Å². The average molecular weight is 964 g/mol. The Labute approximate surface area is 393 Å². The van der Waals surface area contributed by atoms with E-state index < -0.39 is 46.6 Å². The largest absolute Gasteiger partial charge is 0.497 e. The van der Waals surface area contributed by atoms with E-state index in [2.05, 4.69) is 25.7 Å². The number of nitrogens with two attached hydrogens (primary N) is 1. The second-order valence-electron chi connectivity index (χ2n) is 16.9. The first-order chi connectivity index (χ1) is 32.5. The normalized spacial score (nSPS) is 13.3. The van der Waals surface area contributed by atoms with Crippen molar-refractivity contribution in [3.8, 4) is 51.2 Å². The van der Waals surface area contributed by atoms with Crippen LogP contribution < -0.4 is 19.9 Å². The molecule has 0 atom stereocenters. The van der Waals surface area contributed by atoms with Crippen molar-refractivity contribution in [3.63, 3.8) is 0 Å². The van der Waals surface area contributed by atoms with E-state index in [1.165, 1.54) is 40.2 Å². The number of ether oxygens (including phenoxy) is 4. The zero-order valence-corrected chi connectivity index (χ0v) is 39.7. The van der Waals surface area contributed by atoms with Gasteiger partial charge in [0.15, 0.2) is 15.7 Å². The number of tetrazole rings is 1. The van der Waals surface area contributed by atoms with Crippen LogP contribution in [-0.2, 0) is 44.2 Å². The topological polar surface area (TPSA) is 237 Å². The minimum Gasteiger partial charge on any atom is -0.497 e. The highest BCUT2D eigenvalue weighted by atomic mass is 32.2. The predicted octanol–water partition coefficient (Wildman–Crippen LogP) is 6.50. The first kappa shape index (κ1) is 47.1. The maximum atomic E-state index is 16.2. The van der Waals surface area contributed by atoms with E-state index in [0.29, 0.717) is 39.5 Å². The quantitative estimate of drug-likeness (QED) is 0.109. The third-order valence-electron chi connectivity index (χ3n) is 11.1. The van der Waals surface area contributed by atoms with Crippen LogP contribution in [0.4, 0.5) is 10.8 Å². The molecule has 0 unspecified atom stereocenters. The Morgan fingerprint density at radius 3 is 1.84 bits per heavy atom. The molecule has 0 aliphatic carbocycles. The van der Waals surface area contributed by atoms with Gasteiger partial charge in [-0.3, -0.25) is 0 Å². The van der Waals surface area contributed by atoms with Gasteiger partial charge in [-0.05, 0) is 114 Å². The second kappa shape index (κ2) is 19.1. The Morgan fingerprint density at radius 1 is 0.750 bits per heavy atom. The molecule has 0 spiro atoms. The summed E-state index contributed by atoms with van der Waals surface area (Å²) in [6.45, 7) is 4.25. The van der Waals surface area contributed by atoms with Crippen molar-refractivity contribution in [1.82, 2.24) is 39.6 Å². The smallest absolute Gasteiger partial charge is 0.410 e. The van der Waals surface area contributed by atoms with Gasteiger partial charge in [0.1, 0.15) is 33.0 Å². The monoisotopic (exact) mass is 963 g/mol. The molecule has 21 heteroatoms. The molecule has 8 rings (SSSR count). The number of carbonyl (C=O) groups excluding carboxylic acids is 1. The van der Waals surface area contributed by atoms with E-state index in [0.717, 1.165) is 5.56 Å². The molecule has 68 heavy (non-hydrogen) atoms. The number of sulfone groups is 1. The predicted molar refractivity (Wildman–Crippen MR) is 250 cm³/mol. The molecule has 1 fully saturated rings. The van der Waals surface area contributed by atoms with Crippen LogP contribution in [0.1, 0.15) is 37.5 Å². The maximum Gasteiger partial charge on any atom is 0.410 e. The number of nitrogens with zero attached hydrogens (tertiary/aromatic N) is 8. The fourth-order valence-corrected chi connectivity index (χ4v) is 11.7. The van der Waals surface area contributed by atoms with Crippen LogP contribution in [-0.4, -0.2) is 108 Å². The van der Waals surface area contributed by atoms with Crippen molar-refractivity contribution in [2.75, 3.05) is 40.2 Å². The standard InChI is InChI=1S/C47H49N9O10S2/c1-47(2,3)66-46(57)54-28-38(29-54)67(58,59)40-23-22-39(33-8-7-9-34(24-33)44-50-51-45(48)65-44)41(43-49-52-53-56(43)27-32-14-20-37(64-6)21-15-32)42(40)68(60,61)55(25-30-10-16-35(62-4)17-11-30)26-31-12-18-36(63-5)19-13-31/h7-24,38H,25-29H2,1-6H3,(H2,48,51). The van der Waals surface area contributed by atoms with Gasteiger partial charge < -0.3 is 34.0 Å². The maximum absolute atomic E-state index is 16.2. The number of benzene rings is 5. The summed E-state index contributed by atoms with van der Waals surface area (Å²) in [6.07, 6.45) is -0.696. The molecule has 5 aromatic carbocycles. The molecule has 0 radical (unpaired) electrons. The lowest BCUT2D eigenvalue weighted by Crippen LogP contribution is -2.57. The minimum absolute atomic E-state index is 0.0401. The van der Waals surface area contributed by atoms with E-state index in [-0.39, 0.29) is 61.6 Å². The lowest BCUT2D eigenvalue weighted by molar-refractivity contribution is 0.0139. The molecule has 1 saturated heterocycles. The molecular weight excluding hydrogens is 915 g/mol. The Hall–Kier alpha value is -7.36. The Kier molecular flexibility index (Phi) is 13.2. The van der Waals surface area contributed by atoms with Crippen LogP contribution in [0.25, 0.3) is 34.0 Å². The Bertz CT molecular complexity index is 3100. The molecule has 7 aromatic rings. The molecule has 354 valence electrons. The summed E-state index contributed by atoms with van der Waals surface area (Å²) in [7, 11) is -4.95. The minimum atomic E-state index is -4.96. The van der Waals surface area contributed by atoms with Crippen molar-refractivity contribution in [2.45, 2.75) is 61.0 Å². The van der Waals surface area contributed by atoms with Crippen molar-refractivity contribution in [2.24, 2.45) is 0 Å². The Morgan fingerprint density at radius 2 is 1.31 bits per heavy atom. The van der Waals surface area contributed by atoms with E-state index in [4.69, 9.17) is 29.1 Å². The first-order valence-electron chi connectivity index (χ1n) is 21.2. The molecule has 2 N–H and O–H groups in total. The van der Waals surface area contributed by atoms with Crippen molar-refractivity contribution >= 4 is 32.0 Å². The van der Waals surface area contributed by atoms with E-state index in [1.54, 1.807) is 113 Å². The van der Waals surface area contributed by atoms with Crippen LogP contribution >= 0.6 is 0 Å². The van der Waals surface area contributed by atoms with Gasteiger partial charge in [0.05, 0.1) is 38.3 Å². The van der Waals surface area contributed by atoms with Crippen LogP contribution in [0.2, 0.25) is 0 Å². The Balaban J connectivity index is 1.38. The van der Waals surface area contributed by atoms with Crippen LogP contribution in [0.15, 0.2) is 123 Å². The average Bonchev–Trinajstić information content (AvgIpc) is 3.96. The summed E-state index contributed by atoms with van der Waals surface area (Å²) in [5.41, 5.74) is 7.84. The van der Waals surface area contributed by atoms with Crippen LogP contribution in [0.5, 0.6) is 17.2 Å². The van der Waals surface area contributed by atoms with Gasteiger partial charge >= 0.3 is 12.1 Å². The van der Waals surface area contributed by atoms with Gasteiger partial charge in [-0.1, -0.05) is 59.7 Å². The van der Waals surface area contributed by atoms with E-state index in [9.17, 15) is 4.79 Å². The number of amides is 1. The number of rotatable bonds is 16. The third kappa shape index (κ3) is 9.99. The highest BCUT2D eigenvalue weighted by Gasteiger charge is 2.46. The summed E-state index contributed by atoms with van der Waals surface area (Å²) in [4.78, 5) is 13.3. The zero-order chi connectivity index (χ0) is 48.4. The number of hydrogen-bond acceptors (Lipinski definition) is 16. The first-order valence-corrected chi connectivity index (χ1v) is 24.2. The number of nitrogen functional groups attached to an aromatic ring is 1. The summed E-state index contributed by atoms with van der Waals surface area (Å²) < 4.78 is 92.8. The highest BCUT2D eigenvalue weighted by molar-refractivity contribution is 7.94. The van der Waals surface area contributed by atoms with Crippen molar-refractivity contribution in [3.05, 3.63) is 126 Å². The van der Waals surface area contributed by atoms with Gasteiger partial charge in [0.25, 0.3) is 0 Å². The number of carbonyl (C=O) groups is 1.